The zero-order valence-corrected chi connectivity index (χ0v) is 8.55. The number of aliphatic hydroxyl groups is 2. The Morgan fingerprint density at radius 1 is 1.40 bits per heavy atom. The number of carbonyl (C=O) groups is 1. The van der Waals surface area contributed by atoms with Crippen molar-refractivity contribution in [3.63, 3.8) is 0 Å². The summed E-state index contributed by atoms with van der Waals surface area (Å²) in [5, 5.41) is 28.1. The van der Waals surface area contributed by atoms with Gasteiger partial charge in [-0.15, -0.1) is 11.6 Å². The maximum absolute atomic E-state index is 10.4. The summed E-state index contributed by atoms with van der Waals surface area (Å²) in [7, 11) is 0. The van der Waals surface area contributed by atoms with E-state index in [2.05, 4.69) is 0 Å². The highest BCUT2D eigenvalue weighted by Gasteiger charge is 2.18. The Morgan fingerprint density at radius 2 is 2.07 bits per heavy atom. The summed E-state index contributed by atoms with van der Waals surface area (Å²) >= 11 is 5.37. The summed E-state index contributed by atoms with van der Waals surface area (Å²) in [5.41, 5.74) is 0.442. The lowest BCUT2D eigenvalue weighted by Gasteiger charge is -2.16. The Balaban J connectivity index is 2.96. The fourth-order valence-corrected chi connectivity index (χ4v) is 1.32. The van der Waals surface area contributed by atoms with Gasteiger partial charge in [0.05, 0.1) is 17.5 Å². The molecule has 0 radical (unpaired) electrons. The molecule has 0 amide bonds. The second-order valence-corrected chi connectivity index (χ2v) is 3.41. The smallest absolute Gasteiger partial charge is 0.153 e. The number of aromatic hydroxyl groups is 1. The Hall–Kier alpha value is -1.10. The van der Waals surface area contributed by atoms with Crippen molar-refractivity contribution >= 4 is 17.9 Å². The number of alkyl halides is 1. The van der Waals surface area contributed by atoms with Gasteiger partial charge >= 0.3 is 0 Å². The highest BCUT2D eigenvalue weighted by Crippen LogP contribution is 2.24. The van der Waals surface area contributed by atoms with E-state index in [4.69, 9.17) is 11.6 Å². The number of rotatable bonds is 4. The third kappa shape index (κ3) is 2.68. The number of hydrogen-bond donors (Lipinski definition) is 3. The molecule has 0 saturated carbocycles. The van der Waals surface area contributed by atoms with Gasteiger partial charge in [0.1, 0.15) is 11.9 Å². The lowest BCUT2D eigenvalue weighted by molar-refractivity contribution is 0.0326. The Labute approximate surface area is 91.7 Å². The SMILES string of the molecule is O=Cc1ccc(C(O)C(O)CCl)cc1O. The second-order valence-electron chi connectivity index (χ2n) is 3.10. The fourth-order valence-electron chi connectivity index (χ4n) is 1.15. The van der Waals surface area contributed by atoms with Crippen LogP contribution >= 0.6 is 11.6 Å². The van der Waals surface area contributed by atoms with E-state index in [1.807, 2.05) is 0 Å². The molecule has 0 aliphatic carbocycles. The van der Waals surface area contributed by atoms with E-state index in [1.54, 1.807) is 0 Å². The van der Waals surface area contributed by atoms with Crippen molar-refractivity contribution < 1.29 is 20.1 Å². The highest BCUT2D eigenvalue weighted by atomic mass is 35.5. The van der Waals surface area contributed by atoms with Crippen LogP contribution in [0.3, 0.4) is 0 Å². The minimum atomic E-state index is -1.17. The summed E-state index contributed by atoms with van der Waals surface area (Å²) in [5.74, 6) is -0.347. The molecule has 0 spiro atoms. The molecule has 0 aromatic heterocycles. The molecule has 0 fully saturated rings. The first kappa shape index (κ1) is 12.0. The van der Waals surface area contributed by atoms with Crippen molar-refractivity contribution in [1.29, 1.82) is 0 Å². The quantitative estimate of drug-likeness (QED) is 0.529. The summed E-state index contributed by atoms with van der Waals surface area (Å²) in [6.07, 6.45) is -1.77. The fraction of sp³-hybridized carbons (Fsp3) is 0.300. The maximum Gasteiger partial charge on any atom is 0.153 e. The third-order valence-electron chi connectivity index (χ3n) is 2.05. The first-order chi connectivity index (χ1) is 7.10. The monoisotopic (exact) mass is 230 g/mol. The van der Waals surface area contributed by atoms with Gasteiger partial charge in [0.25, 0.3) is 0 Å². The molecular weight excluding hydrogens is 220 g/mol. The van der Waals surface area contributed by atoms with Gasteiger partial charge in [-0.1, -0.05) is 6.07 Å². The van der Waals surface area contributed by atoms with Gasteiger partial charge < -0.3 is 15.3 Å². The Kier molecular flexibility index (Phi) is 4.08. The van der Waals surface area contributed by atoms with Gasteiger partial charge in [0.15, 0.2) is 6.29 Å². The van der Waals surface area contributed by atoms with Crippen molar-refractivity contribution in [3.05, 3.63) is 29.3 Å². The highest BCUT2D eigenvalue weighted by molar-refractivity contribution is 6.18. The average molecular weight is 231 g/mol. The van der Waals surface area contributed by atoms with E-state index < -0.39 is 12.2 Å². The summed E-state index contributed by atoms with van der Waals surface area (Å²) in [4.78, 5) is 10.4. The van der Waals surface area contributed by atoms with Crippen molar-refractivity contribution in [1.82, 2.24) is 0 Å². The molecule has 82 valence electrons. The molecule has 1 rings (SSSR count). The lowest BCUT2D eigenvalue weighted by Crippen LogP contribution is -2.19. The zero-order chi connectivity index (χ0) is 11.4. The topological polar surface area (TPSA) is 77.8 Å². The van der Waals surface area contributed by atoms with Gasteiger partial charge in [0, 0.05) is 0 Å². The van der Waals surface area contributed by atoms with Gasteiger partial charge in [0.2, 0.25) is 0 Å². The molecule has 4 nitrogen and oxygen atoms in total. The number of halogens is 1. The standard InChI is InChI=1S/C10H11ClO4/c11-4-9(14)10(15)6-1-2-7(5-12)8(13)3-6/h1-3,5,9-10,13-15H,4H2. The molecule has 3 N–H and O–H groups in total. The van der Waals surface area contributed by atoms with E-state index in [-0.39, 0.29) is 17.2 Å². The molecule has 2 unspecified atom stereocenters. The van der Waals surface area contributed by atoms with Gasteiger partial charge in [-0.2, -0.15) is 0 Å². The first-order valence-corrected chi connectivity index (χ1v) is 4.83. The largest absolute Gasteiger partial charge is 0.507 e. The summed E-state index contributed by atoms with van der Waals surface area (Å²) in [6.45, 7) is 0. The van der Waals surface area contributed by atoms with E-state index in [9.17, 15) is 20.1 Å². The number of aldehydes is 1. The molecule has 0 aliphatic rings. The van der Waals surface area contributed by atoms with Crippen LogP contribution in [0.15, 0.2) is 18.2 Å². The predicted molar refractivity (Wildman–Crippen MR) is 55.2 cm³/mol. The first-order valence-electron chi connectivity index (χ1n) is 4.30. The predicted octanol–water partition coefficient (Wildman–Crippen LogP) is 0.838. The molecule has 0 bridgehead atoms. The van der Waals surface area contributed by atoms with E-state index in [0.29, 0.717) is 11.8 Å². The number of phenolic OH excluding ortho intramolecular Hbond substituents is 1. The number of hydrogen-bond acceptors (Lipinski definition) is 4. The van der Waals surface area contributed by atoms with Gasteiger partial charge in [-0.3, -0.25) is 4.79 Å². The molecule has 2 atom stereocenters. The van der Waals surface area contributed by atoms with Crippen LogP contribution < -0.4 is 0 Å². The minimum absolute atomic E-state index is 0.114. The van der Waals surface area contributed by atoms with Crippen LogP contribution in [0.2, 0.25) is 0 Å². The van der Waals surface area contributed by atoms with Crippen LogP contribution in [-0.4, -0.2) is 33.6 Å². The van der Waals surface area contributed by atoms with Gasteiger partial charge in [-0.05, 0) is 17.7 Å². The normalized spacial score (nSPS) is 14.6. The van der Waals surface area contributed by atoms with Crippen LogP contribution in [0, 0.1) is 0 Å². The average Bonchev–Trinajstić information content (AvgIpc) is 2.26. The number of aliphatic hydroxyl groups excluding tert-OH is 2. The van der Waals surface area contributed by atoms with Gasteiger partial charge in [-0.25, -0.2) is 0 Å². The molecular formula is C10H11ClO4. The molecule has 1 aromatic carbocycles. The number of benzene rings is 1. The van der Waals surface area contributed by atoms with E-state index in [0.717, 1.165) is 0 Å². The van der Waals surface area contributed by atoms with Crippen LogP contribution in [0.4, 0.5) is 0 Å². The van der Waals surface area contributed by atoms with Crippen LogP contribution in [0.1, 0.15) is 22.0 Å². The van der Waals surface area contributed by atoms with Crippen molar-refractivity contribution in [2.45, 2.75) is 12.2 Å². The Morgan fingerprint density at radius 3 is 2.53 bits per heavy atom. The second kappa shape index (κ2) is 5.11. The van der Waals surface area contributed by atoms with E-state index >= 15 is 0 Å². The number of carbonyl (C=O) groups excluding carboxylic acids is 1. The zero-order valence-electron chi connectivity index (χ0n) is 7.80. The van der Waals surface area contributed by atoms with Crippen molar-refractivity contribution in [2.24, 2.45) is 0 Å². The summed E-state index contributed by atoms with van der Waals surface area (Å²) < 4.78 is 0. The molecule has 0 aliphatic heterocycles. The number of phenols is 1. The Bertz CT molecular complexity index is 353. The molecule has 5 heteroatoms. The van der Waals surface area contributed by atoms with E-state index in [1.165, 1.54) is 18.2 Å². The van der Waals surface area contributed by atoms with Crippen molar-refractivity contribution in [2.75, 3.05) is 5.88 Å². The van der Waals surface area contributed by atoms with Crippen molar-refractivity contribution in [3.8, 4) is 5.75 Å². The van der Waals surface area contributed by atoms with Crippen LogP contribution in [-0.2, 0) is 0 Å². The van der Waals surface area contributed by atoms with Crippen LogP contribution in [0.5, 0.6) is 5.75 Å². The van der Waals surface area contributed by atoms with Crippen LogP contribution in [0.25, 0.3) is 0 Å². The molecule has 0 heterocycles. The molecule has 15 heavy (non-hydrogen) atoms. The molecule has 0 saturated heterocycles. The lowest BCUT2D eigenvalue weighted by atomic mass is 10.0. The maximum atomic E-state index is 10.4. The third-order valence-corrected chi connectivity index (χ3v) is 2.36. The molecule has 1 aromatic rings. The minimum Gasteiger partial charge on any atom is -0.507 e. The summed E-state index contributed by atoms with van der Waals surface area (Å²) in [6, 6.07) is 4.04.